The molecule has 1 heterocycles. The van der Waals surface area contributed by atoms with Gasteiger partial charge in [-0.15, -0.1) is 0 Å². The number of carboxylic acid groups (broad SMARTS) is 1. The van der Waals surface area contributed by atoms with E-state index in [-0.39, 0.29) is 0 Å². The highest BCUT2D eigenvalue weighted by molar-refractivity contribution is 5.66. The van der Waals surface area contributed by atoms with Gasteiger partial charge in [-0.05, 0) is 38.1 Å². The van der Waals surface area contributed by atoms with Crippen LogP contribution in [0.2, 0.25) is 0 Å². The van der Waals surface area contributed by atoms with E-state index < -0.39 is 5.97 Å². The second-order valence-corrected chi connectivity index (χ2v) is 4.31. The summed E-state index contributed by atoms with van der Waals surface area (Å²) in [6.45, 7) is 2.42. The summed E-state index contributed by atoms with van der Waals surface area (Å²) in [5.74, 6) is 0.283. The zero-order valence-corrected chi connectivity index (χ0v) is 7.91. The van der Waals surface area contributed by atoms with E-state index in [4.69, 9.17) is 5.11 Å². The molecule has 1 unspecified atom stereocenters. The Morgan fingerprint density at radius 1 is 1.38 bits per heavy atom. The minimum absolute atomic E-state index is 0.339. The van der Waals surface area contributed by atoms with Crippen molar-refractivity contribution in [2.24, 2.45) is 5.92 Å². The molecule has 13 heavy (non-hydrogen) atoms. The van der Waals surface area contributed by atoms with Gasteiger partial charge in [0.05, 0.1) is 0 Å². The lowest BCUT2D eigenvalue weighted by Gasteiger charge is -2.41. The van der Waals surface area contributed by atoms with Crippen LogP contribution >= 0.6 is 0 Å². The van der Waals surface area contributed by atoms with Gasteiger partial charge in [-0.2, -0.15) is 0 Å². The minimum Gasteiger partial charge on any atom is -0.481 e. The molecular formula is C10H17NO2. The van der Waals surface area contributed by atoms with Gasteiger partial charge in [-0.25, -0.2) is 0 Å². The summed E-state index contributed by atoms with van der Waals surface area (Å²) in [5.41, 5.74) is 0. The lowest BCUT2D eigenvalue weighted by molar-refractivity contribution is -0.137. The van der Waals surface area contributed by atoms with Crippen molar-refractivity contribution in [1.82, 2.24) is 4.90 Å². The number of hydrogen-bond acceptors (Lipinski definition) is 2. The Balaban J connectivity index is 1.64. The molecule has 1 atom stereocenters. The largest absolute Gasteiger partial charge is 0.481 e. The van der Waals surface area contributed by atoms with Crippen molar-refractivity contribution in [3.63, 3.8) is 0 Å². The maximum absolute atomic E-state index is 10.4. The second kappa shape index (κ2) is 3.66. The van der Waals surface area contributed by atoms with E-state index in [2.05, 4.69) is 4.90 Å². The van der Waals surface area contributed by atoms with Crippen molar-refractivity contribution >= 4 is 5.97 Å². The Kier molecular flexibility index (Phi) is 2.54. The van der Waals surface area contributed by atoms with Crippen LogP contribution in [0.25, 0.3) is 0 Å². The van der Waals surface area contributed by atoms with E-state index in [1.165, 1.54) is 32.4 Å². The van der Waals surface area contributed by atoms with E-state index in [0.717, 1.165) is 12.3 Å². The number of carbonyl (C=O) groups is 1. The fourth-order valence-electron chi connectivity index (χ4n) is 1.98. The Hall–Kier alpha value is -0.570. The maximum Gasteiger partial charge on any atom is 0.303 e. The normalized spacial score (nSPS) is 28.5. The molecule has 1 saturated heterocycles. The highest BCUT2D eigenvalue weighted by Gasteiger charge is 2.33. The lowest BCUT2D eigenvalue weighted by atomic mass is 9.97. The summed E-state index contributed by atoms with van der Waals surface area (Å²) in [7, 11) is 0. The average molecular weight is 183 g/mol. The Morgan fingerprint density at radius 2 is 2.15 bits per heavy atom. The Bertz CT molecular complexity index is 201. The van der Waals surface area contributed by atoms with Crippen LogP contribution in [0.1, 0.15) is 32.1 Å². The van der Waals surface area contributed by atoms with E-state index in [1.54, 1.807) is 0 Å². The van der Waals surface area contributed by atoms with Gasteiger partial charge in [0.15, 0.2) is 0 Å². The van der Waals surface area contributed by atoms with Crippen LogP contribution in [0, 0.1) is 5.92 Å². The third-order valence-corrected chi connectivity index (χ3v) is 3.15. The van der Waals surface area contributed by atoms with E-state index in [1.807, 2.05) is 0 Å². The summed E-state index contributed by atoms with van der Waals surface area (Å²) in [6.07, 6.45) is 5.18. The zero-order valence-electron chi connectivity index (χ0n) is 7.91. The van der Waals surface area contributed by atoms with E-state index in [0.29, 0.717) is 12.5 Å². The fourth-order valence-corrected chi connectivity index (χ4v) is 1.98. The first kappa shape index (κ1) is 9.00. The van der Waals surface area contributed by atoms with Crippen LogP contribution in [0.3, 0.4) is 0 Å². The number of carboxylic acids is 1. The molecule has 1 N–H and O–H groups in total. The molecule has 3 nitrogen and oxygen atoms in total. The molecule has 1 saturated carbocycles. The molecule has 1 aliphatic heterocycles. The van der Waals surface area contributed by atoms with Gasteiger partial charge in [-0.1, -0.05) is 0 Å². The van der Waals surface area contributed by atoms with Crippen molar-refractivity contribution in [2.75, 3.05) is 13.1 Å². The zero-order chi connectivity index (χ0) is 9.26. The van der Waals surface area contributed by atoms with Crippen LogP contribution < -0.4 is 0 Å². The van der Waals surface area contributed by atoms with Crippen LogP contribution in [0.5, 0.6) is 0 Å². The Labute approximate surface area is 78.7 Å². The molecule has 0 aromatic carbocycles. The van der Waals surface area contributed by atoms with Gasteiger partial charge >= 0.3 is 5.97 Å². The SMILES string of the molecule is O=C(O)CCC1CCN1CC1CC1. The van der Waals surface area contributed by atoms with Gasteiger partial charge < -0.3 is 5.11 Å². The predicted molar refractivity (Wildman–Crippen MR) is 49.6 cm³/mol. The number of likely N-dealkylation sites (tertiary alicyclic amines) is 1. The number of nitrogens with zero attached hydrogens (tertiary/aromatic N) is 1. The average Bonchev–Trinajstić information content (AvgIpc) is 2.81. The molecule has 0 aromatic rings. The summed E-state index contributed by atoms with van der Waals surface area (Å²) in [5, 5.41) is 8.54. The topological polar surface area (TPSA) is 40.5 Å². The monoisotopic (exact) mass is 183 g/mol. The molecule has 0 bridgehead atoms. The molecule has 0 amide bonds. The number of aliphatic carboxylic acids is 1. The smallest absolute Gasteiger partial charge is 0.303 e. The van der Waals surface area contributed by atoms with Crippen LogP contribution in [0.15, 0.2) is 0 Å². The van der Waals surface area contributed by atoms with Crippen LogP contribution in [0.4, 0.5) is 0 Å². The highest BCUT2D eigenvalue weighted by Crippen LogP contribution is 2.33. The van der Waals surface area contributed by atoms with Gasteiger partial charge in [0.1, 0.15) is 0 Å². The second-order valence-electron chi connectivity index (χ2n) is 4.31. The summed E-state index contributed by atoms with van der Waals surface area (Å²) in [6, 6.07) is 0.580. The van der Waals surface area contributed by atoms with Crippen molar-refractivity contribution in [3.05, 3.63) is 0 Å². The predicted octanol–water partition coefficient (Wildman–Crippen LogP) is 1.34. The third kappa shape index (κ3) is 2.44. The molecule has 0 radical (unpaired) electrons. The van der Waals surface area contributed by atoms with Crippen LogP contribution in [-0.4, -0.2) is 35.1 Å². The summed E-state index contributed by atoms with van der Waals surface area (Å²) in [4.78, 5) is 12.8. The van der Waals surface area contributed by atoms with Crippen molar-refractivity contribution in [1.29, 1.82) is 0 Å². The van der Waals surface area contributed by atoms with Gasteiger partial charge in [0.2, 0.25) is 0 Å². The molecule has 0 aromatic heterocycles. The first-order valence-corrected chi connectivity index (χ1v) is 5.21. The minimum atomic E-state index is -0.654. The molecule has 2 aliphatic rings. The Morgan fingerprint density at radius 3 is 2.62 bits per heavy atom. The quantitative estimate of drug-likeness (QED) is 0.699. The number of hydrogen-bond donors (Lipinski definition) is 1. The van der Waals surface area contributed by atoms with Gasteiger partial charge in [0, 0.05) is 19.0 Å². The molecule has 2 rings (SSSR count). The summed E-state index contributed by atoms with van der Waals surface area (Å²) < 4.78 is 0. The first-order valence-electron chi connectivity index (χ1n) is 5.21. The van der Waals surface area contributed by atoms with E-state index >= 15 is 0 Å². The third-order valence-electron chi connectivity index (χ3n) is 3.15. The van der Waals surface area contributed by atoms with E-state index in [9.17, 15) is 4.79 Å². The molecule has 74 valence electrons. The fraction of sp³-hybridized carbons (Fsp3) is 0.900. The lowest BCUT2D eigenvalue weighted by Crippen LogP contribution is -2.48. The van der Waals surface area contributed by atoms with Crippen LogP contribution in [-0.2, 0) is 4.79 Å². The molecule has 0 spiro atoms. The van der Waals surface area contributed by atoms with Gasteiger partial charge in [0.25, 0.3) is 0 Å². The molecule has 3 heteroatoms. The molecule has 2 fully saturated rings. The molecular weight excluding hydrogens is 166 g/mol. The standard InChI is InChI=1S/C10H17NO2/c12-10(13)4-3-9-5-6-11(9)7-8-1-2-8/h8-9H,1-7H2,(H,12,13). The molecule has 1 aliphatic carbocycles. The van der Waals surface area contributed by atoms with Crippen molar-refractivity contribution in [3.8, 4) is 0 Å². The van der Waals surface area contributed by atoms with Gasteiger partial charge in [-0.3, -0.25) is 9.69 Å². The number of rotatable bonds is 5. The van der Waals surface area contributed by atoms with Crippen molar-refractivity contribution in [2.45, 2.75) is 38.1 Å². The summed E-state index contributed by atoms with van der Waals surface area (Å²) >= 11 is 0. The highest BCUT2D eigenvalue weighted by atomic mass is 16.4. The maximum atomic E-state index is 10.4. The first-order chi connectivity index (χ1) is 6.25. The van der Waals surface area contributed by atoms with Crippen molar-refractivity contribution < 1.29 is 9.90 Å².